The summed E-state index contributed by atoms with van der Waals surface area (Å²) in [5, 5.41) is 0.713. The van der Waals surface area contributed by atoms with Crippen LogP contribution in [0.5, 0.6) is 0 Å². The Labute approximate surface area is 123 Å². The van der Waals surface area contributed by atoms with Crippen LogP contribution in [0.1, 0.15) is 18.9 Å². The van der Waals surface area contributed by atoms with Gasteiger partial charge in [-0.3, -0.25) is 0 Å². The smallest absolute Gasteiger partial charge is 0.143 e. The number of rotatable bonds is 3. The lowest BCUT2D eigenvalue weighted by atomic mass is 10.2. The van der Waals surface area contributed by atoms with Gasteiger partial charge in [-0.1, -0.05) is 35.4 Å². The minimum absolute atomic E-state index is 0. The van der Waals surface area contributed by atoms with Gasteiger partial charge >= 0.3 is 0 Å². The summed E-state index contributed by atoms with van der Waals surface area (Å²) < 4.78 is 0. The summed E-state index contributed by atoms with van der Waals surface area (Å²) in [6.45, 7) is 1.93. The Hall–Kier alpha value is -0.190. The van der Waals surface area contributed by atoms with Gasteiger partial charge in [0, 0.05) is 17.8 Å². The highest BCUT2D eigenvalue weighted by molar-refractivity contribution is 6.44. The van der Waals surface area contributed by atoms with Gasteiger partial charge < -0.3 is 11.5 Å². The predicted octanol–water partition coefficient (Wildman–Crippen LogP) is 3.56. The number of nitrogens with zero attached hydrogens (tertiary/aromatic N) is 1. The van der Waals surface area contributed by atoms with Crippen molar-refractivity contribution in [1.29, 1.82) is 0 Å². The molecule has 1 atom stereocenters. The molecule has 0 amide bonds. The number of hydrogen-bond acceptors (Lipinski definition) is 3. The number of nitrogen functional groups attached to an aromatic ring is 1. The van der Waals surface area contributed by atoms with Gasteiger partial charge in [0.05, 0.1) is 5.02 Å². The van der Waals surface area contributed by atoms with Crippen molar-refractivity contribution in [3.8, 4) is 0 Å². The SMILES string of the molecule is C[C@H](N)C/C=C/c1cnc(N)c(Cl)c1Cl.Cl.Cl. The van der Waals surface area contributed by atoms with E-state index < -0.39 is 0 Å². The van der Waals surface area contributed by atoms with Gasteiger partial charge in [0.2, 0.25) is 0 Å². The van der Waals surface area contributed by atoms with Gasteiger partial charge in [0.15, 0.2) is 0 Å². The molecule has 0 aliphatic rings. The molecule has 0 unspecified atom stereocenters. The average Bonchev–Trinajstić information content (AvgIpc) is 2.18. The normalized spacial score (nSPS) is 11.8. The van der Waals surface area contributed by atoms with Crippen molar-refractivity contribution < 1.29 is 0 Å². The summed E-state index contributed by atoms with van der Waals surface area (Å²) >= 11 is 11.8. The zero-order valence-corrected chi connectivity index (χ0v) is 12.3. The molecule has 0 fully saturated rings. The molecule has 0 saturated carbocycles. The first-order valence-electron chi connectivity index (χ1n) is 4.54. The second kappa shape index (κ2) is 8.84. The van der Waals surface area contributed by atoms with Crippen LogP contribution in [0, 0.1) is 0 Å². The van der Waals surface area contributed by atoms with Crippen LogP contribution in [0.25, 0.3) is 6.08 Å². The van der Waals surface area contributed by atoms with Crippen molar-refractivity contribution in [3.63, 3.8) is 0 Å². The number of anilines is 1. The highest BCUT2D eigenvalue weighted by atomic mass is 35.5. The molecule has 0 aromatic carbocycles. The molecule has 0 saturated heterocycles. The lowest BCUT2D eigenvalue weighted by Gasteiger charge is -2.03. The van der Waals surface area contributed by atoms with Gasteiger partial charge in [-0.15, -0.1) is 24.8 Å². The minimum atomic E-state index is 0. The van der Waals surface area contributed by atoms with Crippen molar-refractivity contribution >= 4 is 59.9 Å². The molecule has 1 aromatic heterocycles. The van der Waals surface area contributed by atoms with Crippen LogP contribution in [0.15, 0.2) is 12.3 Å². The maximum atomic E-state index is 5.98. The molecule has 7 heteroatoms. The predicted molar refractivity (Wildman–Crippen MR) is 80.5 cm³/mol. The molecular formula is C10H15Cl4N3. The highest BCUT2D eigenvalue weighted by Gasteiger charge is 2.06. The van der Waals surface area contributed by atoms with Crippen LogP contribution in [0.4, 0.5) is 5.82 Å². The van der Waals surface area contributed by atoms with Gasteiger partial charge in [-0.05, 0) is 13.3 Å². The Morgan fingerprint density at radius 3 is 2.47 bits per heavy atom. The van der Waals surface area contributed by atoms with E-state index in [4.69, 9.17) is 34.7 Å². The molecule has 1 aromatic rings. The Morgan fingerprint density at radius 1 is 1.35 bits per heavy atom. The third-order valence-corrected chi connectivity index (χ3v) is 2.71. The van der Waals surface area contributed by atoms with Crippen molar-refractivity contribution in [1.82, 2.24) is 4.98 Å². The lowest BCUT2D eigenvalue weighted by Crippen LogP contribution is -2.12. The topological polar surface area (TPSA) is 64.9 Å². The quantitative estimate of drug-likeness (QED) is 0.895. The number of aromatic nitrogens is 1. The molecule has 3 nitrogen and oxygen atoms in total. The molecule has 0 radical (unpaired) electrons. The first kappa shape index (κ1) is 19.2. The fourth-order valence-electron chi connectivity index (χ4n) is 1.02. The average molecular weight is 319 g/mol. The Morgan fingerprint density at radius 2 is 1.94 bits per heavy atom. The summed E-state index contributed by atoms with van der Waals surface area (Å²) in [5.41, 5.74) is 11.8. The summed E-state index contributed by atoms with van der Waals surface area (Å²) in [6, 6.07) is 0.122. The molecule has 4 N–H and O–H groups in total. The van der Waals surface area contributed by atoms with E-state index in [9.17, 15) is 0 Å². The zero-order valence-electron chi connectivity index (χ0n) is 9.19. The summed E-state index contributed by atoms with van der Waals surface area (Å²) in [5.74, 6) is 0.242. The van der Waals surface area contributed by atoms with E-state index >= 15 is 0 Å². The maximum Gasteiger partial charge on any atom is 0.143 e. The first-order valence-corrected chi connectivity index (χ1v) is 5.29. The molecule has 98 valence electrons. The van der Waals surface area contributed by atoms with Crippen LogP contribution < -0.4 is 11.5 Å². The van der Waals surface area contributed by atoms with E-state index in [1.165, 1.54) is 0 Å². The third kappa shape index (κ3) is 5.80. The maximum absolute atomic E-state index is 5.98. The standard InChI is InChI=1S/C10H13Cl2N3.2ClH/c1-6(13)3-2-4-7-5-15-10(14)9(12)8(7)11;;/h2,4-6H,3,13H2,1H3,(H2,14,15);2*1H/b4-2+;;/t6-;;/m0../s1. The van der Waals surface area contributed by atoms with Gasteiger partial charge in [0.25, 0.3) is 0 Å². The molecule has 0 spiro atoms. The van der Waals surface area contributed by atoms with Gasteiger partial charge in [-0.25, -0.2) is 4.98 Å². The van der Waals surface area contributed by atoms with Crippen LogP contribution in [0.3, 0.4) is 0 Å². The zero-order chi connectivity index (χ0) is 11.4. The molecule has 17 heavy (non-hydrogen) atoms. The monoisotopic (exact) mass is 317 g/mol. The minimum Gasteiger partial charge on any atom is -0.382 e. The lowest BCUT2D eigenvalue weighted by molar-refractivity contribution is 0.759. The summed E-state index contributed by atoms with van der Waals surface area (Å²) in [4.78, 5) is 3.92. The third-order valence-electron chi connectivity index (χ3n) is 1.82. The summed E-state index contributed by atoms with van der Waals surface area (Å²) in [7, 11) is 0. The van der Waals surface area contributed by atoms with Crippen LogP contribution in [0.2, 0.25) is 10.0 Å². The van der Waals surface area contributed by atoms with Gasteiger partial charge in [0.1, 0.15) is 10.8 Å². The van der Waals surface area contributed by atoms with Crippen LogP contribution in [-0.2, 0) is 0 Å². The van der Waals surface area contributed by atoms with Crippen LogP contribution in [-0.4, -0.2) is 11.0 Å². The van der Waals surface area contributed by atoms with Crippen molar-refractivity contribution in [2.24, 2.45) is 5.73 Å². The molecule has 0 aliphatic heterocycles. The Kier molecular flexibility index (Phi) is 9.96. The van der Waals surface area contributed by atoms with E-state index in [0.29, 0.717) is 10.0 Å². The van der Waals surface area contributed by atoms with E-state index in [0.717, 1.165) is 12.0 Å². The van der Waals surface area contributed by atoms with Crippen molar-refractivity contribution in [3.05, 3.63) is 27.9 Å². The number of hydrogen-bond donors (Lipinski definition) is 2. The highest BCUT2D eigenvalue weighted by Crippen LogP contribution is 2.30. The van der Waals surface area contributed by atoms with E-state index in [1.807, 2.05) is 19.1 Å². The molecule has 1 rings (SSSR count). The number of halogens is 4. The number of pyridine rings is 1. The molecular weight excluding hydrogens is 304 g/mol. The van der Waals surface area contributed by atoms with E-state index in [-0.39, 0.29) is 36.7 Å². The fourth-order valence-corrected chi connectivity index (χ4v) is 1.38. The summed E-state index contributed by atoms with van der Waals surface area (Å²) in [6.07, 6.45) is 6.13. The molecule has 0 aliphatic carbocycles. The van der Waals surface area contributed by atoms with E-state index in [1.54, 1.807) is 6.20 Å². The van der Waals surface area contributed by atoms with Crippen LogP contribution >= 0.6 is 48.0 Å². The second-order valence-electron chi connectivity index (χ2n) is 3.34. The second-order valence-corrected chi connectivity index (χ2v) is 4.10. The Bertz CT molecular complexity index is 380. The van der Waals surface area contributed by atoms with Crippen molar-refractivity contribution in [2.45, 2.75) is 19.4 Å². The van der Waals surface area contributed by atoms with Gasteiger partial charge in [-0.2, -0.15) is 0 Å². The largest absolute Gasteiger partial charge is 0.382 e. The fraction of sp³-hybridized carbons (Fsp3) is 0.300. The molecule has 0 bridgehead atoms. The molecule has 1 heterocycles. The first-order chi connectivity index (χ1) is 7.02. The van der Waals surface area contributed by atoms with E-state index in [2.05, 4.69) is 4.98 Å². The van der Waals surface area contributed by atoms with Crippen molar-refractivity contribution in [2.75, 3.05) is 5.73 Å². The Balaban J connectivity index is 0. The number of nitrogens with two attached hydrogens (primary N) is 2.